The Balaban J connectivity index is 2.28. The number of rotatable bonds is 4. The average Bonchev–Trinajstić information content (AvgIpc) is 2.35. The third-order valence-electron chi connectivity index (χ3n) is 2.90. The fourth-order valence-corrected chi connectivity index (χ4v) is 2.85. The Morgan fingerprint density at radius 1 is 1.05 bits per heavy atom. The van der Waals surface area contributed by atoms with E-state index < -0.39 is 6.04 Å². The molecule has 0 heterocycles. The first-order valence-corrected chi connectivity index (χ1v) is 7.44. The van der Waals surface area contributed by atoms with Gasteiger partial charge in [0.05, 0.1) is 6.04 Å². The second-order valence-corrected chi connectivity index (χ2v) is 6.20. The van der Waals surface area contributed by atoms with Gasteiger partial charge in [0, 0.05) is 14.5 Å². The highest BCUT2D eigenvalue weighted by Gasteiger charge is 2.16. The number of halogens is 4. The summed E-state index contributed by atoms with van der Waals surface area (Å²) in [5.74, 6) is 4.79. The third kappa shape index (κ3) is 3.85. The average molecular weight is 406 g/mol. The number of nitrogens with two attached hydrogens (primary N) is 1. The van der Waals surface area contributed by atoms with Crippen LogP contribution in [0, 0.1) is 11.6 Å². The minimum atomic E-state index is -0.434. The van der Waals surface area contributed by atoms with Crippen molar-refractivity contribution in [2.75, 3.05) is 0 Å². The summed E-state index contributed by atoms with van der Waals surface area (Å²) in [5.41, 5.74) is 3.74. The van der Waals surface area contributed by atoms with Crippen LogP contribution in [0.2, 0.25) is 0 Å². The van der Waals surface area contributed by atoms with Crippen molar-refractivity contribution in [1.82, 2.24) is 5.43 Å². The first-order valence-electron chi connectivity index (χ1n) is 5.85. The summed E-state index contributed by atoms with van der Waals surface area (Å²) in [6, 6.07) is 8.89. The molecule has 1 atom stereocenters. The van der Waals surface area contributed by atoms with Gasteiger partial charge in [-0.15, -0.1) is 0 Å². The fourth-order valence-electron chi connectivity index (χ4n) is 2.01. The second-order valence-electron chi connectivity index (χ2n) is 4.37. The van der Waals surface area contributed by atoms with Gasteiger partial charge in [0.15, 0.2) is 0 Å². The smallest absolute Gasteiger partial charge is 0.129 e. The number of nitrogens with one attached hydrogen (secondary N) is 1. The van der Waals surface area contributed by atoms with Crippen molar-refractivity contribution >= 4 is 31.9 Å². The van der Waals surface area contributed by atoms with E-state index in [4.69, 9.17) is 5.84 Å². The van der Waals surface area contributed by atoms with Crippen molar-refractivity contribution in [1.29, 1.82) is 0 Å². The van der Waals surface area contributed by atoms with Crippen LogP contribution in [0.1, 0.15) is 17.2 Å². The third-order valence-corrected chi connectivity index (χ3v) is 3.85. The molecule has 0 saturated heterocycles. The first kappa shape index (κ1) is 15.6. The molecule has 0 aliphatic heterocycles. The molecule has 2 nitrogen and oxygen atoms in total. The molecule has 2 aromatic rings. The van der Waals surface area contributed by atoms with Gasteiger partial charge in [0.2, 0.25) is 0 Å². The molecule has 0 spiro atoms. The molecule has 1 unspecified atom stereocenters. The molecule has 6 heteroatoms. The van der Waals surface area contributed by atoms with Crippen molar-refractivity contribution in [3.8, 4) is 0 Å². The Bertz CT molecular complexity index is 600. The lowest BCUT2D eigenvalue weighted by Crippen LogP contribution is -2.30. The van der Waals surface area contributed by atoms with E-state index in [9.17, 15) is 8.78 Å². The Labute approximate surface area is 132 Å². The van der Waals surface area contributed by atoms with Crippen LogP contribution in [-0.4, -0.2) is 0 Å². The lowest BCUT2D eigenvalue weighted by atomic mass is 9.99. The van der Waals surface area contributed by atoms with Gasteiger partial charge in [-0.3, -0.25) is 11.3 Å². The minimum Gasteiger partial charge on any atom is -0.271 e. The van der Waals surface area contributed by atoms with Crippen LogP contribution in [0.25, 0.3) is 0 Å². The summed E-state index contributed by atoms with van der Waals surface area (Å²) < 4.78 is 28.6. The minimum absolute atomic E-state index is 0.346. The molecule has 0 aliphatic carbocycles. The predicted molar refractivity (Wildman–Crippen MR) is 82.0 cm³/mol. The fraction of sp³-hybridized carbons (Fsp3) is 0.143. The molecule has 0 aromatic heterocycles. The van der Waals surface area contributed by atoms with Crippen LogP contribution < -0.4 is 11.3 Å². The molecule has 0 fully saturated rings. The maximum absolute atomic E-state index is 13.9. The maximum Gasteiger partial charge on any atom is 0.129 e. The van der Waals surface area contributed by atoms with E-state index >= 15 is 0 Å². The molecule has 0 aliphatic rings. The van der Waals surface area contributed by atoms with Crippen molar-refractivity contribution in [2.45, 2.75) is 12.5 Å². The van der Waals surface area contributed by atoms with Gasteiger partial charge in [0.1, 0.15) is 11.6 Å². The quantitative estimate of drug-likeness (QED) is 0.589. The topological polar surface area (TPSA) is 38.0 Å². The van der Waals surface area contributed by atoms with Crippen molar-refractivity contribution in [3.63, 3.8) is 0 Å². The summed E-state index contributed by atoms with van der Waals surface area (Å²) in [5, 5.41) is 0. The lowest BCUT2D eigenvalue weighted by molar-refractivity contribution is 0.509. The Morgan fingerprint density at radius 2 is 1.80 bits per heavy atom. The zero-order valence-electron chi connectivity index (χ0n) is 10.3. The molecule has 2 aromatic carbocycles. The van der Waals surface area contributed by atoms with Crippen molar-refractivity contribution in [2.24, 2.45) is 5.84 Å². The van der Waals surface area contributed by atoms with Gasteiger partial charge in [-0.1, -0.05) is 37.9 Å². The normalized spacial score (nSPS) is 12.4. The van der Waals surface area contributed by atoms with Gasteiger partial charge in [-0.25, -0.2) is 8.78 Å². The standard InChI is InChI=1S/C14H12Br2F2N2/c15-9-1-2-12(13(18)7-9)14(20-19)5-8-3-10(16)6-11(17)4-8/h1-4,6-7,14,20H,5,19H2. The van der Waals surface area contributed by atoms with E-state index in [0.717, 1.165) is 5.56 Å². The van der Waals surface area contributed by atoms with Crippen LogP contribution in [0.15, 0.2) is 45.3 Å². The Hall–Kier alpha value is -0.820. The Morgan fingerprint density at radius 3 is 2.40 bits per heavy atom. The van der Waals surface area contributed by atoms with Gasteiger partial charge < -0.3 is 0 Å². The number of benzene rings is 2. The second kappa shape index (κ2) is 6.76. The van der Waals surface area contributed by atoms with E-state index in [1.807, 2.05) is 0 Å². The van der Waals surface area contributed by atoms with Crippen LogP contribution in [0.4, 0.5) is 8.78 Å². The van der Waals surface area contributed by atoms with Gasteiger partial charge in [0.25, 0.3) is 0 Å². The molecule has 3 N–H and O–H groups in total. The van der Waals surface area contributed by atoms with Crippen LogP contribution >= 0.6 is 31.9 Å². The van der Waals surface area contributed by atoms with Gasteiger partial charge in [-0.05, 0) is 42.3 Å². The van der Waals surface area contributed by atoms with Crippen LogP contribution in [0.5, 0.6) is 0 Å². The van der Waals surface area contributed by atoms with Crippen molar-refractivity contribution in [3.05, 3.63) is 68.1 Å². The monoisotopic (exact) mass is 404 g/mol. The van der Waals surface area contributed by atoms with E-state index in [1.54, 1.807) is 18.2 Å². The zero-order chi connectivity index (χ0) is 14.7. The molecular weight excluding hydrogens is 394 g/mol. The highest BCUT2D eigenvalue weighted by Crippen LogP contribution is 2.25. The molecule has 2 rings (SSSR count). The predicted octanol–water partition coefficient (Wildman–Crippen LogP) is 4.24. The highest BCUT2D eigenvalue weighted by molar-refractivity contribution is 9.10. The zero-order valence-corrected chi connectivity index (χ0v) is 13.5. The molecule has 0 radical (unpaired) electrons. The molecular formula is C14H12Br2F2N2. The van der Waals surface area contributed by atoms with Gasteiger partial charge in [-0.2, -0.15) is 0 Å². The van der Waals surface area contributed by atoms with Crippen LogP contribution in [0.3, 0.4) is 0 Å². The summed E-state index contributed by atoms with van der Waals surface area (Å²) in [7, 11) is 0. The molecule has 0 saturated carbocycles. The number of hydrazine groups is 1. The molecule has 0 bridgehead atoms. The summed E-state index contributed by atoms with van der Waals surface area (Å²) in [6.07, 6.45) is 0.380. The maximum atomic E-state index is 13.9. The lowest BCUT2D eigenvalue weighted by Gasteiger charge is -2.17. The van der Waals surface area contributed by atoms with E-state index in [2.05, 4.69) is 37.3 Å². The SMILES string of the molecule is NNC(Cc1cc(F)cc(Br)c1)c1ccc(Br)cc1F. The van der Waals surface area contributed by atoms with Crippen molar-refractivity contribution < 1.29 is 8.78 Å². The first-order chi connectivity index (χ1) is 9.49. The number of hydrogen-bond donors (Lipinski definition) is 2. The largest absolute Gasteiger partial charge is 0.271 e. The summed E-state index contributed by atoms with van der Waals surface area (Å²) in [4.78, 5) is 0. The Kier molecular flexibility index (Phi) is 5.26. The van der Waals surface area contributed by atoms with Gasteiger partial charge >= 0.3 is 0 Å². The van der Waals surface area contributed by atoms with E-state index in [0.29, 0.717) is 20.9 Å². The van der Waals surface area contributed by atoms with E-state index in [1.165, 1.54) is 18.2 Å². The molecule has 106 valence electrons. The summed E-state index contributed by atoms with van der Waals surface area (Å²) in [6.45, 7) is 0. The highest BCUT2D eigenvalue weighted by atomic mass is 79.9. The molecule has 0 amide bonds. The number of hydrogen-bond acceptors (Lipinski definition) is 2. The molecule has 20 heavy (non-hydrogen) atoms. The summed E-state index contributed by atoms with van der Waals surface area (Å²) >= 11 is 6.44. The van der Waals surface area contributed by atoms with Crippen LogP contribution in [-0.2, 0) is 6.42 Å². The van der Waals surface area contributed by atoms with E-state index in [-0.39, 0.29) is 11.6 Å².